The monoisotopic (exact) mass is 372 g/mol. The van der Waals surface area contributed by atoms with E-state index in [1.54, 1.807) is 18.2 Å². The summed E-state index contributed by atoms with van der Waals surface area (Å²) in [5, 5.41) is 6.45. The molecule has 0 aliphatic rings. The van der Waals surface area contributed by atoms with Crippen LogP contribution in [0.1, 0.15) is 15.9 Å². The van der Waals surface area contributed by atoms with Crippen molar-refractivity contribution in [1.29, 1.82) is 0 Å². The highest BCUT2D eigenvalue weighted by atomic mass is 35.5. The van der Waals surface area contributed by atoms with E-state index in [1.165, 1.54) is 12.4 Å². The predicted molar refractivity (Wildman–Crippen MR) is 100 cm³/mol. The summed E-state index contributed by atoms with van der Waals surface area (Å²) in [6.45, 7) is 0.602. The first-order chi connectivity index (χ1) is 12.1. The second kappa shape index (κ2) is 7.96. The molecule has 5 nitrogen and oxygen atoms in total. The van der Waals surface area contributed by atoms with Crippen LogP contribution in [0.25, 0.3) is 0 Å². The first-order valence-corrected chi connectivity index (χ1v) is 8.24. The highest BCUT2D eigenvalue weighted by Gasteiger charge is 2.11. The van der Waals surface area contributed by atoms with Gasteiger partial charge < -0.3 is 10.6 Å². The number of halogens is 2. The van der Waals surface area contributed by atoms with E-state index in [0.29, 0.717) is 33.8 Å². The molecular weight excluding hydrogens is 359 g/mol. The van der Waals surface area contributed by atoms with Crippen LogP contribution in [-0.4, -0.2) is 15.9 Å². The summed E-state index contributed by atoms with van der Waals surface area (Å²) in [7, 11) is 0. The van der Waals surface area contributed by atoms with E-state index in [9.17, 15) is 4.79 Å². The third-order valence-electron chi connectivity index (χ3n) is 3.41. The lowest BCUT2D eigenvalue weighted by molar-refractivity contribution is 0.102. The average molecular weight is 373 g/mol. The minimum absolute atomic E-state index is 0.291. The van der Waals surface area contributed by atoms with Crippen molar-refractivity contribution in [3.05, 3.63) is 82.1 Å². The Morgan fingerprint density at radius 3 is 2.40 bits per heavy atom. The van der Waals surface area contributed by atoms with Crippen LogP contribution in [0.4, 0.5) is 11.6 Å². The summed E-state index contributed by atoms with van der Waals surface area (Å²) in [5.41, 5.74) is 1.87. The third kappa shape index (κ3) is 4.47. The molecule has 0 saturated heterocycles. The smallest absolute Gasteiger partial charge is 0.258 e. The number of nitrogens with zero attached hydrogens (tertiary/aromatic N) is 2. The van der Waals surface area contributed by atoms with E-state index in [-0.39, 0.29) is 5.91 Å². The first-order valence-electron chi connectivity index (χ1n) is 7.48. The Kier molecular flexibility index (Phi) is 5.48. The van der Waals surface area contributed by atoms with Gasteiger partial charge >= 0.3 is 0 Å². The number of benzene rings is 2. The molecule has 0 fully saturated rings. The fourth-order valence-electron chi connectivity index (χ4n) is 2.11. The van der Waals surface area contributed by atoms with Crippen LogP contribution in [0.2, 0.25) is 10.0 Å². The third-order valence-corrected chi connectivity index (χ3v) is 4.23. The molecule has 0 radical (unpaired) electrons. The van der Waals surface area contributed by atoms with E-state index in [2.05, 4.69) is 20.6 Å². The van der Waals surface area contributed by atoms with Crippen molar-refractivity contribution >= 4 is 40.7 Å². The van der Waals surface area contributed by atoms with Gasteiger partial charge in [0.1, 0.15) is 0 Å². The number of carbonyl (C=O) groups is 1. The van der Waals surface area contributed by atoms with Crippen molar-refractivity contribution in [2.75, 3.05) is 10.6 Å². The second-order valence-corrected chi connectivity index (χ2v) is 5.98. The molecule has 3 rings (SSSR count). The summed E-state index contributed by atoms with van der Waals surface area (Å²) in [6.07, 6.45) is 2.90. The molecule has 0 aliphatic heterocycles. The van der Waals surface area contributed by atoms with Gasteiger partial charge in [0.25, 0.3) is 5.91 Å². The normalized spacial score (nSPS) is 10.3. The van der Waals surface area contributed by atoms with Crippen LogP contribution in [0, 0.1) is 0 Å². The Morgan fingerprint density at radius 1 is 0.960 bits per heavy atom. The summed E-state index contributed by atoms with van der Waals surface area (Å²) in [4.78, 5) is 20.6. The maximum atomic E-state index is 12.3. The highest BCUT2D eigenvalue weighted by Crippen LogP contribution is 2.29. The molecule has 7 heteroatoms. The molecule has 3 aromatic rings. The van der Waals surface area contributed by atoms with Crippen LogP contribution >= 0.6 is 23.2 Å². The van der Waals surface area contributed by atoms with Gasteiger partial charge in [-0.2, -0.15) is 0 Å². The molecule has 0 saturated carbocycles. The SMILES string of the molecule is O=C(Nc1cccc(Cl)c1Cl)c1cnc(NCc2ccccc2)nc1. The van der Waals surface area contributed by atoms with Crippen LogP contribution in [0.15, 0.2) is 60.9 Å². The zero-order valence-electron chi connectivity index (χ0n) is 13.0. The van der Waals surface area contributed by atoms with Crippen molar-refractivity contribution in [3.63, 3.8) is 0 Å². The van der Waals surface area contributed by atoms with Gasteiger partial charge in [-0.15, -0.1) is 0 Å². The summed E-state index contributed by atoms with van der Waals surface area (Å²) < 4.78 is 0. The Labute approximate surface area is 155 Å². The Balaban J connectivity index is 1.63. The molecule has 0 bridgehead atoms. The fourth-order valence-corrected chi connectivity index (χ4v) is 2.46. The molecule has 25 heavy (non-hydrogen) atoms. The second-order valence-electron chi connectivity index (χ2n) is 5.19. The van der Waals surface area contributed by atoms with Gasteiger partial charge in [-0.3, -0.25) is 4.79 Å². The summed E-state index contributed by atoms with van der Waals surface area (Å²) >= 11 is 12.0. The van der Waals surface area contributed by atoms with E-state index >= 15 is 0 Å². The van der Waals surface area contributed by atoms with Gasteiger partial charge in [0.15, 0.2) is 0 Å². The molecular formula is C18H14Cl2N4O. The van der Waals surface area contributed by atoms with Gasteiger partial charge in [0.2, 0.25) is 5.95 Å². The molecule has 0 aliphatic carbocycles. The molecule has 1 amide bonds. The van der Waals surface area contributed by atoms with E-state index in [0.717, 1.165) is 5.56 Å². The van der Waals surface area contributed by atoms with Crippen molar-refractivity contribution < 1.29 is 4.79 Å². The van der Waals surface area contributed by atoms with E-state index in [4.69, 9.17) is 23.2 Å². The van der Waals surface area contributed by atoms with Crippen LogP contribution in [0.5, 0.6) is 0 Å². The maximum absolute atomic E-state index is 12.3. The molecule has 0 unspecified atom stereocenters. The first kappa shape index (κ1) is 17.2. The van der Waals surface area contributed by atoms with Crippen molar-refractivity contribution in [1.82, 2.24) is 9.97 Å². The van der Waals surface area contributed by atoms with Gasteiger partial charge in [0, 0.05) is 18.9 Å². The zero-order chi connectivity index (χ0) is 17.6. The van der Waals surface area contributed by atoms with Crippen molar-refractivity contribution in [2.24, 2.45) is 0 Å². The Morgan fingerprint density at radius 2 is 1.68 bits per heavy atom. The Hall–Kier alpha value is -2.63. The Bertz CT molecular complexity index is 870. The minimum atomic E-state index is -0.362. The number of rotatable bonds is 5. The highest BCUT2D eigenvalue weighted by molar-refractivity contribution is 6.44. The largest absolute Gasteiger partial charge is 0.350 e. The molecule has 2 aromatic carbocycles. The molecule has 1 heterocycles. The molecule has 1 aromatic heterocycles. The standard InChI is InChI=1S/C18H14Cl2N4O/c19-14-7-4-8-15(16(14)20)24-17(25)13-10-22-18(23-11-13)21-9-12-5-2-1-3-6-12/h1-8,10-11H,9H2,(H,24,25)(H,21,22,23). The molecule has 126 valence electrons. The average Bonchev–Trinajstić information content (AvgIpc) is 2.65. The van der Waals surface area contributed by atoms with Gasteiger partial charge in [-0.1, -0.05) is 59.6 Å². The quantitative estimate of drug-likeness (QED) is 0.683. The number of hydrogen-bond acceptors (Lipinski definition) is 4. The van der Waals surface area contributed by atoms with Crippen molar-refractivity contribution in [3.8, 4) is 0 Å². The predicted octanol–water partition coefficient (Wildman–Crippen LogP) is 4.65. The van der Waals surface area contributed by atoms with Gasteiger partial charge in [-0.05, 0) is 17.7 Å². The summed E-state index contributed by atoms with van der Waals surface area (Å²) in [6, 6.07) is 14.9. The number of hydrogen-bond donors (Lipinski definition) is 2. The minimum Gasteiger partial charge on any atom is -0.350 e. The number of amides is 1. The van der Waals surface area contributed by atoms with Crippen LogP contribution in [-0.2, 0) is 6.54 Å². The molecule has 2 N–H and O–H groups in total. The number of carbonyl (C=O) groups excluding carboxylic acids is 1. The lowest BCUT2D eigenvalue weighted by Crippen LogP contribution is -2.13. The summed E-state index contributed by atoms with van der Waals surface area (Å²) in [5.74, 6) is 0.0833. The van der Waals surface area contributed by atoms with Crippen LogP contribution in [0.3, 0.4) is 0 Å². The van der Waals surface area contributed by atoms with Gasteiger partial charge in [0.05, 0.1) is 21.3 Å². The zero-order valence-corrected chi connectivity index (χ0v) is 14.6. The lowest BCUT2D eigenvalue weighted by Gasteiger charge is -2.08. The topological polar surface area (TPSA) is 66.9 Å². The maximum Gasteiger partial charge on any atom is 0.258 e. The number of nitrogens with one attached hydrogen (secondary N) is 2. The van der Waals surface area contributed by atoms with E-state index < -0.39 is 0 Å². The van der Waals surface area contributed by atoms with Gasteiger partial charge in [-0.25, -0.2) is 9.97 Å². The number of aromatic nitrogens is 2. The van der Waals surface area contributed by atoms with Crippen LogP contribution < -0.4 is 10.6 Å². The van der Waals surface area contributed by atoms with Crippen molar-refractivity contribution in [2.45, 2.75) is 6.54 Å². The lowest BCUT2D eigenvalue weighted by atomic mass is 10.2. The molecule has 0 atom stereocenters. The van der Waals surface area contributed by atoms with E-state index in [1.807, 2.05) is 30.3 Å². The number of anilines is 2. The molecule has 0 spiro atoms. The fraction of sp³-hybridized carbons (Fsp3) is 0.0556.